The van der Waals surface area contributed by atoms with Gasteiger partial charge in [-0.2, -0.15) is 4.98 Å². The van der Waals surface area contributed by atoms with Crippen LogP contribution in [0.2, 0.25) is 0 Å². The van der Waals surface area contributed by atoms with E-state index in [0.29, 0.717) is 0 Å². The molecule has 0 bridgehead atoms. The summed E-state index contributed by atoms with van der Waals surface area (Å²) in [5.41, 5.74) is 3.14. The fourth-order valence-electron chi connectivity index (χ4n) is 3.06. The molecule has 0 aromatic carbocycles. The molecule has 3 rings (SSSR count). The van der Waals surface area contributed by atoms with E-state index in [1.54, 1.807) is 0 Å². The highest BCUT2D eigenvalue weighted by Crippen LogP contribution is 2.23. The summed E-state index contributed by atoms with van der Waals surface area (Å²) < 4.78 is 5.52. The van der Waals surface area contributed by atoms with Crippen LogP contribution in [0.1, 0.15) is 23.0 Å². The molecular formula is C19H28N6O. The second-order valence-corrected chi connectivity index (χ2v) is 6.78. The molecule has 2 aromatic heterocycles. The lowest BCUT2D eigenvalue weighted by molar-refractivity contribution is 0.0179. The molecule has 0 aliphatic carbocycles. The molecule has 1 N–H and O–H groups in total. The molecule has 26 heavy (non-hydrogen) atoms. The third kappa shape index (κ3) is 4.28. The number of anilines is 2. The summed E-state index contributed by atoms with van der Waals surface area (Å²) >= 11 is 0. The number of morpholine rings is 1. The molecule has 1 fully saturated rings. The molecule has 0 saturated carbocycles. The smallest absolute Gasteiger partial charge is 0.227 e. The van der Waals surface area contributed by atoms with Gasteiger partial charge in [-0.25, -0.2) is 4.98 Å². The van der Waals surface area contributed by atoms with Crippen molar-refractivity contribution in [2.24, 2.45) is 0 Å². The Morgan fingerprint density at radius 1 is 1.19 bits per heavy atom. The van der Waals surface area contributed by atoms with E-state index in [0.717, 1.165) is 61.6 Å². The Balaban J connectivity index is 1.82. The summed E-state index contributed by atoms with van der Waals surface area (Å²) in [5.74, 6) is 1.60. The Kier molecular flexibility index (Phi) is 6.00. The Morgan fingerprint density at radius 3 is 2.62 bits per heavy atom. The fourth-order valence-corrected chi connectivity index (χ4v) is 3.06. The highest BCUT2D eigenvalue weighted by molar-refractivity contribution is 5.50. The topological polar surface area (TPSA) is 66.4 Å². The molecule has 2 aromatic rings. The van der Waals surface area contributed by atoms with Gasteiger partial charge < -0.3 is 15.0 Å². The van der Waals surface area contributed by atoms with E-state index in [2.05, 4.69) is 38.2 Å². The fraction of sp³-hybridized carbons (Fsp3) is 0.526. The minimum Gasteiger partial charge on any atom is -0.379 e. The lowest BCUT2D eigenvalue weighted by atomic mass is 10.1. The van der Waals surface area contributed by atoms with Gasteiger partial charge in [0.2, 0.25) is 5.95 Å². The van der Waals surface area contributed by atoms with Gasteiger partial charge in [0.05, 0.1) is 24.9 Å². The number of aryl methyl sites for hydroxylation is 1. The summed E-state index contributed by atoms with van der Waals surface area (Å²) in [7, 11) is 3.91. The third-order valence-electron chi connectivity index (χ3n) is 4.76. The number of hydrogen-bond acceptors (Lipinski definition) is 7. The van der Waals surface area contributed by atoms with Gasteiger partial charge in [0.1, 0.15) is 5.82 Å². The molecule has 0 amide bonds. The van der Waals surface area contributed by atoms with Crippen molar-refractivity contribution in [3.05, 3.63) is 41.3 Å². The Hall–Kier alpha value is -2.25. The zero-order chi connectivity index (χ0) is 18.5. The van der Waals surface area contributed by atoms with Crippen molar-refractivity contribution in [1.29, 1.82) is 0 Å². The van der Waals surface area contributed by atoms with Crippen LogP contribution >= 0.6 is 0 Å². The van der Waals surface area contributed by atoms with Crippen molar-refractivity contribution in [1.82, 2.24) is 19.9 Å². The van der Waals surface area contributed by atoms with Crippen molar-refractivity contribution >= 4 is 11.8 Å². The third-order valence-corrected chi connectivity index (χ3v) is 4.76. The molecular weight excluding hydrogens is 328 g/mol. The predicted molar refractivity (Wildman–Crippen MR) is 104 cm³/mol. The van der Waals surface area contributed by atoms with Gasteiger partial charge in [0, 0.05) is 51.2 Å². The van der Waals surface area contributed by atoms with Crippen LogP contribution in [0, 0.1) is 13.8 Å². The molecule has 3 heterocycles. The van der Waals surface area contributed by atoms with E-state index in [1.807, 2.05) is 44.2 Å². The molecule has 1 aliphatic heterocycles. The second kappa shape index (κ2) is 8.42. The van der Waals surface area contributed by atoms with Gasteiger partial charge in [-0.1, -0.05) is 6.07 Å². The maximum absolute atomic E-state index is 5.52. The first-order chi connectivity index (χ1) is 12.6. The summed E-state index contributed by atoms with van der Waals surface area (Å²) in [4.78, 5) is 18.2. The minimum atomic E-state index is 0.178. The largest absolute Gasteiger partial charge is 0.379 e. The number of aromatic nitrogens is 3. The van der Waals surface area contributed by atoms with Crippen LogP contribution in [0.5, 0.6) is 0 Å². The molecule has 7 heteroatoms. The quantitative estimate of drug-likeness (QED) is 0.849. The number of pyridine rings is 1. The average Bonchev–Trinajstić information content (AvgIpc) is 2.66. The van der Waals surface area contributed by atoms with Gasteiger partial charge in [0.15, 0.2) is 0 Å². The molecule has 140 valence electrons. The normalized spacial score (nSPS) is 16.3. The molecule has 0 unspecified atom stereocenters. The number of nitrogens with one attached hydrogen (secondary N) is 1. The number of nitrogens with zero attached hydrogens (tertiary/aromatic N) is 5. The maximum Gasteiger partial charge on any atom is 0.227 e. The van der Waals surface area contributed by atoms with Crippen LogP contribution in [-0.2, 0) is 4.74 Å². The SMILES string of the molecule is Cc1nc(N(C)C)nc(NC[C@H](c2ccccn2)N2CCOCC2)c1C. The Morgan fingerprint density at radius 2 is 1.96 bits per heavy atom. The predicted octanol–water partition coefficient (Wildman–Crippen LogP) is 2.04. The van der Waals surface area contributed by atoms with Crippen LogP contribution in [-0.4, -0.2) is 66.8 Å². The number of ether oxygens (including phenoxy) is 1. The highest BCUT2D eigenvalue weighted by Gasteiger charge is 2.24. The number of hydrogen-bond donors (Lipinski definition) is 1. The molecule has 0 spiro atoms. The van der Waals surface area contributed by atoms with E-state index >= 15 is 0 Å². The van der Waals surface area contributed by atoms with Gasteiger partial charge in [-0.15, -0.1) is 0 Å². The first-order valence-corrected chi connectivity index (χ1v) is 9.05. The minimum absolute atomic E-state index is 0.178. The first kappa shape index (κ1) is 18.5. The van der Waals surface area contributed by atoms with E-state index in [9.17, 15) is 0 Å². The molecule has 1 atom stereocenters. The number of rotatable bonds is 6. The zero-order valence-corrected chi connectivity index (χ0v) is 16.1. The standard InChI is InChI=1S/C19H28N6O/c1-14-15(2)22-19(24(3)4)23-18(14)21-13-17(16-7-5-6-8-20-16)25-9-11-26-12-10-25/h5-8,17H,9-13H2,1-4H3,(H,21,22,23)/t17-/m1/s1. The molecule has 0 radical (unpaired) electrons. The van der Waals surface area contributed by atoms with Crippen LogP contribution in [0.3, 0.4) is 0 Å². The van der Waals surface area contributed by atoms with Crippen molar-refractivity contribution in [3.63, 3.8) is 0 Å². The summed E-state index contributed by atoms with van der Waals surface area (Å²) in [5, 5.41) is 3.54. The van der Waals surface area contributed by atoms with Gasteiger partial charge in [-0.05, 0) is 26.0 Å². The average molecular weight is 356 g/mol. The van der Waals surface area contributed by atoms with Gasteiger partial charge >= 0.3 is 0 Å². The van der Waals surface area contributed by atoms with Gasteiger partial charge in [0.25, 0.3) is 0 Å². The van der Waals surface area contributed by atoms with Crippen LogP contribution in [0.25, 0.3) is 0 Å². The van der Waals surface area contributed by atoms with Crippen molar-refractivity contribution in [2.75, 3.05) is 57.2 Å². The van der Waals surface area contributed by atoms with Crippen molar-refractivity contribution < 1.29 is 4.74 Å². The van der Waals surface area contributed by atoms with E-state index in [4.69, 9.17) is 4.74 Å². The van der Waals surface area contributed by atoms with E-state index in [-0.39, 0.29) is 6.04 Å². The molecule has 7 nitrogen and oxygen atoms in total. The Bertz CT molecular complexity index is 715. The maximum atomic E-state index is 5.52. The summed E-state index contributed by atoms with van der Waals surface area (Å²) in [6.07, 6.45) is 1.85. The molecule has 1 saturated heterocycles. The van der Waals surface area contributed by atoms with Crippen molar-refractivity contribution in [2.45, 2.75) is 19.9 Å². The first-order valence-electron chi connectivity index (χ1n) is 9.05. The summed E-state index contributed by atoms with van der Waals surface area (Å²) in [6, 6.07) is 6.26. The lowest BCUT2D eigenvalue weighted by Gasteiger charge is -2.34. The second-order valence-electron chi connectivity index (χ2n) is 6.78. The van der Waals surface area contributed by atoms with Crippen LogP contribution in [0.4, 0.5) is 11.8 Å². The summed E-state index contributed by atoms with van der Waals surface area (Å²) in [6.45, 7) is 8.16. The lowest BCUT2D eigenvalue weighted by Crippen LogP contribution is -2.42. The Labute approximate surface area is 155 Å². The highest BCUT2D eigenvalue weighted by atomic mass is 16.5. The van der Waals surface area contributed by atoms with Crippen LogP contribution < -0.4 is 10.2 Å². The monoisotopic (exact) mass is 356 g/mol. The zero-order valence-electron chi connectivity index (χ0n) is 16.1. The van der Waals surface area contributed by atoms with Crippen LogP contribution in [0.15, 0.2) is 24.4 Å². The van der Waals surface area contributed by atoms with E-state index in [1.165, 1.54) is 0 Å². The van der Waals surface area contributed by atoms with Crippen molar-refractivity contribution in [3.8, 4) is 0 Å². The molecule has 1 aliphatic rings. The van der Waals surface area contributed by atoms with Gasteiger partial charge in [-0.3, -0.25) is 9.88 Å². The van der Waals surface area contributed by atoms with E-state index < -0.39 is 0 Å².